The van der Waals surface area contributed by atoms with Gasteiger partial charge in [-0.25, -0.2) is 13.4 Å². The average molecular weight is 332 g/mol. The molecule has 0 saturated carbocycles. The van der Waals surface area contributed by atoms with Gasteiger partial charge in [0.2, 0.25) is 9.84 Å². The van der Waals surface area contributed by atoms with Crippen molar-refractivity contribution in [2.75, 3.05) is 11.9 Å². The topological polar surface area (TPSA) is 59.1 Å². The predicted molar refractivity (Wildman–Crippen MR) is 78.7 cm³/mol. The third-order valence-electron chi connectivity index (χ3n) is 2.90. The minimum atomic E-state index is -4.62. The van der Waals surface area contributed by atoms with E-state index in [1.165, 1.54) is 29.5 Å². The second-order valence-electron chi connectivity index (χ2n) is 4.45. The van der Waals surface area contributed by atoms with Gasteiger partial charge >= 0.3 is 5.76 Å². The van der Waals surface area contributed by atoms with Crippen molar-refractivity contribution in [3.8, 4) is 0 Å². The molecule has 0 aliphatic rings. The van der Waals surface area contributed by atoms with Crippen LogP contribution in [0.5, 0.6) is 0 Å². The summed E-state index contributed by atoms with van der Waals surface area (Å²) in [6.07, 6.45) is 1.69. The Morgan fingerprint density at radius 2 is 2.05 bits per heavy atom. The van der Waals surface area contributed by atoms with Crippen molar-refractivity contribution in [2.45, 2.75) is 23.5 Å². The molecule has 1 heterocycles. The zero-order chi connectivity index (χ0) is 15.5. The van der Waals surface area contributed by atoms with Gasteiger partial charge in [-0.1, -0.05) is 19.1 Å². The number of hydrogen-bond acceptors (Lipinski definition) is 5. The van der Waals surface area contributed by atoms with E-state index in [-0.39, 0.29) is 16.5 Å². The SMILES string of the molecule is CC(CNc1ccccc1S(=O)(=O)C(F)F)c1nccs1. The Labute approximate surface area is 125 Å². The first-order valence-electron chi connectivity index (χ1n) is 6.17. The van der Waals surface area contributed by atoms with E-state index in [1.807, 2.05) is 12.3 Å². The molecule has 21 heavy (non-hydrogen) atoms. The third kappa shape index (κ3) is 3.56. The van der Waals surface area contributed by atoms with Gasteiger partial charge in [0.15, 0.2) is 0 Å². The summed E-state index contributed by atoms with van der Waals surface area (Å²) in [6.45, 7) is 2.33. The maximum absolute atomic E-state index is 12.7. The van der Waals surface area contributed by atoms with Crippen LogP contribution < -0.4 is 5.32 Å². The van der Waals surface area contributed by atoms with Gasteiger partial charge in [0, 0.05) is 24.0 Å². The second-order valence-corrected chi connectivity index (χ2v) is 7.27. The van der Waals surface area contributed by atoms with E-state index < -0.39 is 15.6 Å². The van der Waals surface area contributed by atoms with Crippen LogP contribution in [-0.2, 0) is 9.84 Å². The van der Waals surface area contributed by atoms with Gasteiger partial charge in [0.05, 0.1) is 15.6 Å². The Hall–Kier alpha value is -1.54. The number of para-hydroxylation sites is 1. The number of rotatable bonds is 6. The molecular formula is C13H14F2N2O2S2. The van der Waals surface area contributed by atoms with Crippen LogP contribution in [0.2, 0.25) is 0 Å². The van der Waals surface area contributed by atoms with Crippen LogP contribution in [-0.4, -0.2) is 25.7 Å². The van der Waals surface area contributed by atoms with Gasteiger partial charge in [0.25, 0.3) is 0 Å². The summed E-state index contributed by atoms with van der Waals surface area (Å²) in [7, 11) is -4.62. The lowest BCUT2D eigenvalue weighted by Gasteiger charge is -2.14. The van der Waals surface area contributed by atoms with Gasteiger partial charge in [-0.3, -0.25) is 0 Å². The summed E-state index contributed by atoms with van der Waals surface area (Å²) in [5.41, 5.74) is 0.182. The molecule has 0 fully saturated rings. The molecule has 2 aromatic rings. The zero-order valence-electron chi connectivity index (χ0n) is 11.2. The number of nitrogens with zero attached hydrogens (tertiary/aromatic N) is 1. The Morgan fingerprint density at radius 3 is 2.67 bits per heavy atom. The van der Waals surface area contributed by atoms with Crippen molar-refractivity contribution in [3.05, 3.63) is 40.8 Å². The van der Waals surface area contributed by atoms with Crippen molar-refractivity contribution < 1.29 is 17.2 Å². The van der Waals surface area contributed by atoms with Gasteiger partial charge in [-0.15, -0.1) is 11.3 Å². The van der Waals surface area contributed by atoms with Gasteiger partial charge in [-0.2, -0.15) is 8.78 Å². The molecular weight excluding hydrogens is 318 g/mol. The van der Waals surface area contributed by atoms with E-state index in [0.29, 0.717) is 6.54 Å². The highest BCUT2D eigenvalue weighted by Gasteiger charge is 2.29. The smallest absolute Gasteiger partial charge is 0.341 e. The molecule has 0 spiro atoms. The van der Waals surface area contributed by atoms with Crippen LogP contribution in [0.25, 0.3) is 0 Å². The molecule has 0 saturated heterocycles. The fraction of sp³-hybridized carbons (Fsp3) is 0.308. The minimum absolute atomic E-state index is 0.0484. The maximum Gasteiger partial charge on any atom is 0.341 e. The monoisotopic (exact) mass is 332 g/mol. The Morgan fingerprint density at radius 1 is 1.33 bits per heavy atom. The quantitative estimate of drug-likeness (QED) is 0.881. The molecule has 8 heteroatoms. The van der Waals surface area contributed by atoms with Crippen LogP contribution >= 0.6 is 11.3 Å². The average Bonchev–Trinajstić information content (AvgIpc) is 2.99. The second kappa shape index (κ2) is 6.48. The van der Waals surface area contributed by atoms with E-state index in [2.05, 4.69) is 10.3 Å². The molecule has 0 aliphatic carbocycles. The van der Waals surface area contributed by atoms with E-state index in [4.69, 9.17) is 0 Å². The predicted octanol–water partition coefficient (Wildman–Crippen LogP) is 3.36. The highest BCUT2D eigenvalue weighted by atomic mass is 32.2. The van der Waals surface area contributed by atoms with E-state index >= 15 is 0 Å². The molecule has 0 bridgehead atoms. The van der Waals surface area contributed by atoms with Crippen LogP contribution in [0.1, 0.15) is 17.8 Å². The van der Waals surface area contributed by atoms with Crippen LogP contribution in [0.3, 0.4) is 0 Å². The summed E-state index contributed by atoms with van der Waals surface area (Å²) in [5, 5.41) is 5.66. The number of sulfone groups is 1. The largest absolute Gasteiger partial charge is 0.383 e. The van der Waals surface area contributed by atoms with Gasteiger partial charge < -0.3 is 5.32 Å². The Balaban J connectivity index is 2.18. The summed E-state index contributed by atoms with van der Waals surface area (Å²) < 4.78 is 48.6. The molecule has 0 amide bonds. The first kappa shape index (κ1) is 15.8. The van der Waals surface area contributed by atoms with Crippen molar-refractivity contribution in [2.24, 2.45) is 0 Å². The molecule has 1 aromatic carbocycles. The zero-order valence-corrected chi connectivity index (χ0v) is 12.8. The summed E-state index contributed by atoms with van der Waals surface area (Å²) in [6, 6.07) is 5.67. The Kier molecular flexibility index (Phi) is 4.89. The molecule has 1 aromatic heterocycles. The fourth-order valence-electron chi connectivity index (χ4n) is 1.78. The van der Waals surface area contributed by atoms with Crippen molar-refractivity contribution >= 4 is 26.9 Å². The molecule has 4 nitrogen and oxygen atoms in total. The molecule has 114 valence electrons. The molecule has 1 unspecified atom stereocenters. The van der Waals surface area contributed by atoms with E-state index in [9.17, 15) is 17.2 Å². The molecule has 0 aliphatic heterocycles. The highest BCUT2D eigenvalue weighted by Crippen LogP contribution is 2.27. The van der Waals surface area contributed by atoms with E-state index in [1.54, 1.807) is 12.3 Å². The van der Waals surface area contributed by atoms with Crippen LogP contribution in [0.4, 0.5) is 14.5 Å². The summed E-state index contributed by atoms with van der Waals surface area (Å²) in [4.78, 5) is 3.79. The van der Waals surface area contributed by atoms with Gasteiger partial charge in [0.1, 0.15) is 0 Å². The molecule has 1 N–H and O–H groups in total. The maximum atomic E-state index is 12.7. The number of hydrogen-bond donors (Lipinski definition) is 1. The lowest BCUT2D eigenvalue weighted by molar-refractivity contribution is 0.235. The van der Waals surface area contributed by atoms with Crippen LogP contribution in [0.15, 0.2) is 40.7 Å². The lowest BCUT2D eigenvalue weighted by Crippen LogP contribution is -2.16. The number of nitrogens with one attached hydrogen (secondary N) is 1. The third-order valence-corrected chi connectivity index (χ3v) is 5.35. The summed E-state index contributed by atoms with van der Waals surface area (Å²) in [5.74, 6) is -3.39. The number of thiazole rings is 1. The normalized spacial score (nSPS) is 13.3. The van der Waals surface area contributed by atoms with Crippen molar-refractivity contribution in [3.63, 3.8) is 0 Å². The fourth-order valence-corrected chi connectivity index (χ4v) is 3.39. The van der Waals surface area contributed by atoms with Crippen molar-refractivity contribution in [1.82, 2.24) is 4.98 Å². The molecule has 1 atom stereocenters. The summed E-state index contributed by atoms with van der Waals surface area (Å²) >= 11 is 1.49. The highest BCUT2D eigenvalue weighted by molar-refractivity contribution is 7.91. The lowest BCUT2D eigenvalue weighted by atomic mass is 10.2. The van der Waals surface area contributed by atoms with E-state index in [0.717, 1.165) is 5.01 Å². The Bertz CT molecular complexity index is 688. The van der Waals surface area contributed by atoms with Gasteiger partial charge in [-0.05, 0) is 12.1 Å². The first-order valence-corrected chi connectivity index (χ1v) is 8.60. The molecule has 2 rings (SSSR count). The van der Waals surface area contributed by atoms with Crippen LogP contribution in [0, 0.1) is 0 Å². The number of benzene rings is 1. The number of anilines is 1. The van der Waals surface area contributed by atoms with Crippen molar-refractivity contribution in [1.29, 1.82) is 0 Å². The number of aromatic nitrogens is 1. The number of halogens is 2. The minimum Gasteiger partial charge on any atom is -0.383 e. The first-order chi connectivity index (χ1) is 9.93. The number of alkyl halides is 2. The standard InChI is InChI=1S/C13H14F2N2O2S2/c1-9(12-16-6-7-20-12)8-17-10-4-2-3-5-11(10)21(18,19)13(14)15/h2-7,9,13,17H,8H2,1H3. The molecule has 0 radical (unpaired) electrons.